The van der Waals surface area contributed by atoms with Gasteiger partial charge in [0.05, 0.1) is 20.1 Å². The molecule has 0 atom stereocenters. The standard InChI is InChI=1S/C5H11N.2ClH/c1-6-4-2-3-5-6;;/h2-5H2,1H3;2*1H. The van der Waals surface area contributed by atoms with E-state index in [-0.39, 0.29) is 24.8 Å². The van der Waals surface area contributed by atoms with Crippen LogP contribution in [0.5, 0.6) is 0 Å². The third kappa shape index (κ3) is 3.53. The maximum absolute atomic E-state index is 2.26. The minimum absolute atomic E-state index is 0. The molecule has 0 aliphatic carbocycles. The number of halogens is 2. The number of hydrogen-bond acceptors (Lipinski definition) is 0. The minimum atomic E-state index is 0. The van der Waals surface area contributed by atoms with Crippen LogP contribution < -0.4 is 17.3 Å². The van der Waals surface area contributed by atoms with Crippen LogP contribution in [0, 0.1) is 0 Å². The number of likely N-dealkylation sites (tertiary alicyclic amines) is 1. The largest absolute Gasteiger partial charge is 1.00 e. The molecule has 1 saturated heterocycles. The lowest BCUT2D eigenvalue weighted by molar-refractivity contribution is -0.866. The molecule has 1 N–H and O–H groups in total. The average Bonchev–Trinajstić information content (AvgIpc) is 1.86. The number of hydrogen-bond donors (Lipinski definition) is 1. The third-order valence-electron chi connectivity index (χ3n) is 1.46. The van der Waals surface area contributed by atoms with Crippen LogP contribution in [0.4, 0.5) is 0 Å². The normalized spacial score (nSPS) is 19.1. The van der Waals surface area contributed by atoms with Crippen molar-refractivity contribution < 1.29 is 17.3 Å². The Morgan fingerprint density at radius 1 is 1.12 bits per heavy atom. The molecular formula is C5H13Cl2N. The van der Waals surface area contributed by atoms with E-state index >= 15 is 0 Å². The predicted octanol–water partition coefficient (Wildman–Crippen LogP) is -3.28. The molecule has 0 bridgehead atoms. The highest BCUT2D eigenvalue weighted by atomic mass is 35.5. The van der Waals surface area contributed by atoms with Crippen molar-refractivity contribution in [1.82, 2.24) is 0 Å². The molecule has 0 amide bonds. The summed E-state index contributed by atoms with van der Waals surface area (Å²) in [5.74, 6) is 0. The van der Waals surface area contributed by atoms with Crippen LogP contribution in [-0.2, 0) is 0 Å². The molecule has 0 aromatic rings. The van der Waals surface area contributed by atoms with Gasteiger partial charge in [-0.25, -0.2) is 0 Å². The van der Waals surface area contributed by atoms with Crippen LogP contribution >= 0.6 is 12.4 Å². The second-order valence-corrected chi connectivity index (χ2v) is 2.16. The van der Waals surface area contributed by atoms with Gasteiger partial charge in [0.2, 0.25) is 0 Å². The van der Waals surface area contributed by atoms with Crippen LogP contribution in [0.3, 0.4) is 0 Å². The molecule has 0 spiro atoms. The van der Waals surface area contributed by atoms with Crippen molar-refractivity contribution in [2.24, 2.45) is 0 Å². The summed E-state index contributed by atoms with van der Waals surface area (Å²) in [6.07, 6.45) is 2.90. The lowest BCUT2D eigenvalue weighted by atomic mass is 10.4. The Kier molecular flexibility index (Phi) is 8.05. The maximum atomic E-state index is 2.26. The van der Waals surface area contributed by atoms with E-state index in [0.29, 0.717) is 0 Å². The Morgan fingerprint density at radius 2 is 1.50 bits per heavy atom. The molecule has 0 aromatic heterocycles. The van der Waals surface area contributed by atoms with E-state index in [1.54, 1.807) is 4.90 Å². The molecular weight excluding hydrogens is 145 g/mol. The third-order valence-corrected chi connectivity index (χ3v) is 1.46. The smallest absolute Gasteiger partial charge is 0.0771 e. The van der Waals surface area contributed by atoms with Crippen molar-refractivity contribution in [2.45, 2.75) is 12.8 Å². The number of rotatable bonds is 0. The molecule has 52 valence electrons. The van der Waals surface area contributed by atoms with Crippen molar-refractivity contribution >= 4 is 12.4 Å². The van der Waals surface area contributed by atoms with E-state index in [9.17, 15) is 0 Å². The molecule has 1 rings (SSSR count). The van der Waals surface area contributed by atoms with Gasteiger partial charge in [-0.1, -0.05) is 0 Å². The van der Waals surface area contributed by atoms with Crippen molar-refractivity contribution in [2.75, 3.05) is 20.1 Å². The van der Waals surface area contributed by atoms with E-state index in [1.165, 1.54) is 25.9 Å². The van der Waals surface area contributed by atoms with Gasteiger partial charge in [-0.3, -0.25) is 0 Å². The number of quaternary nitrogens is 1. The van der Waals surface area contributed by atoms with Gasteiger partial charge < -0.3 is 17.3 Å². The Labute approximate surface area is 63.3 Å². The second-order valence-electron chi connectivity index (χ2n) is 2.16. The average molecular weight is 158 g/mol. The zero-order valence-electron chi connectivity index (χ0n) is 5.11. The van der Waals surface area contributed by atoms with Gasteiger partial charge in [0.25, 0.3) is 0 Å². The highest BCUT2D eigenvalue weighted by molar-refractivity contribution is 5.85. The Bertz CT molecular complexity index is 43.7. The van der Waals surface area contributed by atoms with Gasteiger partial charge in [-0.05, 0) is 0 Å². The highest BCUT2D eigenvalue weighted by Crippen LogP contribution is 1.84. The van der Waals surface area contributed by atoms with Crippen LogP contribution in [0.15, 0.2) is 0 Å². The molecule has 0 saturated carbocycles. The van der Waals surface area contributed by atoms with Crippen molar-refractivity contribution in [3.05, 3.63) is 0 Å². The molecule has 0 radical (unpaired) electrons. The van der Waals surface area contributed by atoms with Gasteiger partial charge in [0.1, 0.15) is 0 Å². The summed E-state index contributed by atoms with van der Waals surface area (Å²) >= 11 is 0. The van der Waals surface area contributed by atoms with Gasteiger partial charge >= 0.3 is 0 Å². The van der Waals surface area contributed by atoms with Gasteiger partial charge in [-0.15, -0.1) is 12.4 Å². The summed E-state index contributed by atoms with van der Waals surface area (Å²) in [6, 6.07) is 0. The van der Waals surface area contributed by atoms with Crippen LogP contribution in [0.1, 0.15) is 12.8 Å². The van der Waals surface area contributed by atoms with Crippen LogP contribution in [0.2, 0.25) is 0 Å². The first kappa shape index (κ1) is 11.4. The van der Waals surface area contributed by atoms with Crippen molar-refractivity contribution in [3.63, 3.8) is 0 Å². The Balaban J connectivity index is 0. The minimum Gasteiger partial charge on any atom is -1.00 e. The van der Waals surface area contributed by atoms with E-state index in [4.69, 9.17) is 0 Å². The lowest BCUT2D eigenvalue weighted by Gasteiger charge is -1.98. The Morgan fingerprint density at radius 3 is 1.62 bits per heavy atom. The first-order valence-corrected chi connectivity index (χ1v) is 2.71. The molecule has 3 heteroatoms. The van der Waals surface area contributed by atoms with E-state index in [1.807, 2.05) is 0 Å². The summed E-state index contributed by atoms with van der Waals surface area (Å²) in [5, 5.41) is 0. The SMILES string of the molecule is C[NH+]1CCCC1.Cl.[Cl-]. The summed E-state index contributed by atoms with van der Waals surface area (Å²) in [6.45, 7) is 2.81. The first-order chi connectivity index (χ1) is 2.89. The highest BCUT2D eigenvalue weighted by Gasteiger charge is 2.07. The monoisotopic (exact) mass is 157 g/mol. The van der Waals surface area contributed by atoms with E-state index in [0.717, 1.165) is 0 Å². The zero-order valence-corrected chi connectivity index (χ0v) is 6.69. The van der Waals surface area contributed by atoms with Crippen molar-refractivity contribution in [3.8, 4) is 0 Å². The quantitative estimate of drug-likeness (QED) is 0.377. The fourth-order valence-electron chi connectivity index (χ4n) is 0.979. The molecule has 1 heterocycles. The van der Waals surface area contributed by atoms with Gasteiger partial charge in [0.15, 0.2) is 0 Å². The fourth-order valence-corrected chi connectivity index (χ4v) is 0.979. The van der Waals surface area contributed by atoms with E-state index < -0.39 is 0 Å². The van der Waals surface area contributed by atoms with Gasteiger partial charge in [-0.2, -0.15) is 0 Å². The fraction of sp³-hybridized carbons (Fsp3) is 1.00. The Hall–Kier alpha value is 0.540. The first-order valence-electron chi connectivity index (χ1n) is 2.71. The number of nitrogens with one attached hydrogen (secondary N) is 1. The summed E-state index contributed by atoms with van der Waals surface area (Å²) in [7, 11) is 2.26. The molecule has 1 nitrogen and oxygen atoms in total. The molecule has 0 aromatic carbocycles. The summed E-state index contributed by atoms with van der Waals surface area (Å²) < 4.78 is 0. The van der Waals surface area contributed by atoms with Crippen LogP contribution in [0.25, 0.3) is 0 Å². The predicted molar refractivity (Wildman–Crippen MR) is 33.1 cm³/mol. The topological polar surface area (TPSA) is 4.44 Å². The van der Waals surface area contributed by atoms with Crippen LogP contribution in [-0.4, -0.2) is 20.1 Å². The van der Waals surface area contributed by atoms with E-state index in [2.05, 4.69) is 7.05 Å². The molecule has 1 aliphatic heterocycles. The molecule has 1 fully saturated rings. The molecule has 8 heavy (non-hydrogen) atoms. The molecule has 1 aliphatic rings. The van der Waals surface area contributed by atoms with Gasteiger partial charge in [0, 0.05) is 12.8 Å². The molecule has 0 unspecified atom stereocenters. The summed E-state index contributed by atoms with van der Waals surface area (Å²) in [4.78, 5) is 1.70. The second kappa shape index (κ2) is 5.67. The lowest BCUT2D eigenvalue weighted by Crippen LogP contribution is -3.06. The van der Waals surface area contributed by atoms with Crippen molar-refractivity contribution in [1.29, 1.82) is 0 Å². The zero-order chi connectivity index (χ0) is 4.41. The maximum Gasteiger partial charge on any atom is 0.0771 e. The summed E-state index contributed by atoms with van der Waals surface area (Å²) in [5.41, 5.74) is 0.